The number of nitrogens with zero attached hydrogens (tertiary/aromatic N) is 1. The molecule has 0 heterocycles. The molecule has 0 aromatic heterocycles. The number of benzene rings is 1. The number of ether oxygens (including phenoxy) is 1. The van der Waals surface area contributed by atoms with Crippen LogP contribution >= 0.6 is 0 Å². The van der Waals surface area contributed by atoms with E-state index < -0.39 is 16.7 Å². The van der Waals surface area contributed by atoms with Crippen molar-refractivity contribution in [3.8, 4) is 0 Å². The molecule has 0 aliphatic carbocycles. The van der Waals surface area contributed by atoms with Crippen molar-refractivity contribution in [2.24, 2.45) is 0 Å². The highest BCUT2D eigenvalue weighted by Gasteiger charge is 2.15. The number of aryl methyl sites for hydroxylation is 1. The molecule has 0 saturated carbocycles. The van der Waals surface area contributed by atoms with E-state index >= 15 is 0 Å². The second-order valence-electron chi connectivity index (χ2n) is 3.34. The van der Waals surface area contributed by atoms with Gasteiger partial charge in [-0.2, -0.15) is 0 Å². The molecule has 1 aromatic carbocycles. The van der Waals surface area contributed by atoms with Gasteiger partial charge in [0.15, 0.2) is 0 Å². The number of carbonyl (C=O) groups excluding carboxylic acids is 1. The fourth-order valence-electron chi connectivity index (χ4n) is 1.40. The molecule has 1 aromatic rings. The summed E-state index contributed by atoms with van der Waals surface area (Å²) in [5, 5.41) is 10.7. The van der Waals surface area contributed by atoms with Crippen molar-refractivity contribution in [3.63, 3.8) is 0 Å². The molecule has 0 N–H and O–H groups in total. The van der Waals surface area contributed by atoms with Gasteiger partial charge in [-0.1, -0.05) is 0 Å². The predicted octanol–water partition coefficient (Wildman–Crippen LogP) is 2.23. The molecule has 0 saturated heterocycles. The first-order valence-electron chi connectivity index (χ1n) is 5.13. The Labute approximate surface area is 97.3 Å². The van der Waals surface area contributed by atoms with Gasteiger partial charge in [-0.15, -0.1) is 0 Å². The van der Waals surface area contributed by atoms with Gasteiger partial charge in [-0.25, -0.2) is 4.39 Å². The van der Waals surface area contributed by atoms with Crippen LogP contribution in [0, 0.1) is 15.9 Å². The maximum absolute atomic E-state index is 12.9. The van der Waals surface area contributed by atoms with Crippen LogP contribution in [0.4, 0.5) is 10.1 Å². The number of halogens is 1. The molecule has 0 spiro atoms. The summed E-state index contributed by atoms with van der Waals surface area (Å²) >= 11 is 0. The number of hydrogen-bond acceptors (Lipinski definition) is 4. The minimum atomic E-state index is -0.597. The Morgan fingerprint density at radius 2 is 2.24 bits per heavy atom. The minimum Gasteiger partial charge on any atom is -0.466 e. The first-order valence-corrected chi connectivity index (χ1v) is 5.13. The van der Waals surface area contributed by atoms with Crippen LogP contribution in [0.2, 0.25) is 0 Å². The molecule has 0 aliphatic heterocycles. The van der Waals surface area contributed by atoms with Gasteiger partial charge >= 0.3 is 5.97 Å². The molecule has 0 fully saturated rings. The van der Waals surface area contributed by atoms with Gasteiger partial charge in [-0.3, -0.25) is 14.9 Å². The lowest BCUT2D eigenvalue weighted by atomic mass is 10.1. The first-order chi connectivity index (χ1) is 8.04. The van der Waals surface area contributed by atoms with E-state index in [1.807, 2.05) is 0 Å². The number of carbonyl (C=O) groups is 1. The lowest BCUT2D eigenvalue weighted by Gasteiger charge is -2.03. The van der Waals surface area contributed by atoms with Crippen molar-refractivity contribution >= 4 is 11.7 Å². The van der Waals surface area contributed by atoms with Gasteiger partial charge < -0.3 is 4.74 Å². The Morgan fingerprint density at radius 3 is 2.82 bits per heavy atom. The highest BCUT2D eigenvalue weighted by molar-refractivity contribution is 5.69. The summed E-state index contributed by atoms with van der Waals surface area (Å²) in [6.07, 6.45) is 0.0883. The molecule has 0 atom stereocenters. The fourth-order valence-corrected chi connectivity index (χ4v) is 1.40. The summed E-state index contributed by atoms with van der Waals surface area (Å²) in [6, 6.07) is 3.18. The molecule has 17 heavy (non-hydrogen) atoms. The van der Waals surface area contributed by atoms with Crippen LogP contribution in [0.15, 0.2) is 18.2 Å². The topological polar surface area (TPSA) is 69.4 Å². The fraction of sp³-hybridized carbons (Fsp3) is 0.364. The molecule has 0 aliphatic rings. The summed E-state index contributed by atoms with van der Waals surface area (Å²) in [4.78, 5) is 21.2. The lowest BCUT2D eigenvalue weighted by Crippen LogP contribution is -2.06. The van der Waals surface area contributed by atoms with E-state index in [0.29, 0.717) is 0 Å². The van der Waals surface area contributed by atoms with Gasteiger partial charge in [0.1, 0.15) is 5.82 Å². The molecule has 6 heteroatoms. The van der Waals surface area contributed by atoms with Gasteiger partial charge in [0.2, 0.25) is 0 Å². The highest BCUT2D eigenvalue weighted by Crippen LogP contribution is 2.21. The second-order valence-corrected chi connectivity index (χ2v) is 3.34. The van der Waals surface area contributed by atoms with Gasteiger partial charge in [-0.05, 0) is 25.5 Å². The molecular formula is C11H12FNO4. The van der Waals surface area contributed by atoms with E-state index in [4.69, 9.17) is 4.74 Å². The maximum Gasteiger partial charge on any atom is 0.306 e. The van der Waals surface area contributed by atoms with Crippen molar-refractivity contribution in [1.82, 2.24) is 0 Å². The minimum absolute atomic E-state index is 0.00185. The third-order valence-electron chi connectivity index (χ3n) is 2.14. The summed E-state index contributed by atoms with van der Waals surface area (Å²) in [7, 11) is 0. The molecule has 0 amide bonds. The summed E-state index contributed by atoms with van der Waals surface area (Å²) in [5.74, 6) is -1.01. The van der Waals surface area contributed by atoms with E-state index in [-0.39, 0.29) is 30.7 Å². The van der Waals surface area contributed by atoms with Crippen LogP contribution in [0.25, 0.3) is 0 Å². The quantitative estimate of drug-likeness (QED) is 0.450. The van der Waals surface area contributed by atoms with E-state index in [9.17, 15) is 19.3 Å². The van der Waals surface area contributed by atoms with Crippen LogP contribution in [-0.2, 0) is 16.0 Å². The Kier molecular flexibility index (Phi) is 4.56. The van der Waals surface area contributed by atoms with Crippen LogP contribution in [0.1, 0.15) is 18.9 Å². The zero-order chi connectivity index (χ0) is 12.8. The maximum atomic E-state index is 12.9. The van der Waals surface area contributed by atoms with Crippen molar-refractivity contribution in [3.05, 3.63) is 39.7 Å². The van der Waals surface area contributed by atoms with Crippen molar-refractivity contribution < 1.29 is 18.8 Å². The molecule has 0 unspecified atom stereocenters. The smallest absolute Gasteiger partial charge is 0.306 e. The summed E-state index contributed by atoms with van der Waals surface area (Å²) < 4.78 is 17.6. The molecular weight excluding hydrogens is 229 g/mol. The van der Waals surface area contributed by atoms with Gasteiger partial charge in [0, 0.05) is 18.1 Å². The van der Waals surface area contributed by atoms with Crippen LogP contribution in [0.3, 0.4) is 0 Å². The summed E-state index contributed by atoms with van der Waals surface area (Å²) in [6.45, 7) is 1.92. The normalized spacial score (nSPS) is 10.0. The van der Waals surface area contributed by atoms with Crippen LogP contribution in [-0.4, -0.2) is 17.5 Å². The van der Waals surface area contributed by atoms with Gasteiger partial charge in [0.25, 0.3) is 5.69 Å². The number of rotatable bonds is 5. The van der Waals surface area contributed by atoms with E-state index in [0.717, 1.165) is 18.2 Å². The standard InChI is InChI=1S/C11H12FNO4/c1-2-17-11(14)6-3-8-7-9(12)4-5-10(8)13(15)16/h4-5,7H,2-3,6H2,1H3. The number of esters is 1. The van der Waals surface area contributed by atoms with Crippen molar-refractivity contribution in [2.75, 3.05) is 6.61 Å². The Balaban J connectivity index is 2.78. The third kappa shape index (κ3) is 3.82. The molecule has 5 nitrogen and oxygen atoms in total. The SMILES string of the molecule is CCOC(=O)CCc1cc(F)ccc1[N+](=O)[O-]. The lowest BCUT2D eigenvalue weighted by molar-refractivity contribution is -0.385. The van der Waals surface area contributed by atoms with E-state index in [1.165, 1.54) is 0 Å². The largest absolute Gasteiger partial charge is 0.466 e. The van der Waals surface area contributed by atoms with Gasteiger partial charge in [0.05, 0.1) is 11.5 Å². The molecule has 92 valence electrons. The van der Waals surface area contributed by atoms with Crippen molar-refractivity contribution in [1.29, 1.82) is 0 Å². The third-order valence-corrected chi connectivity index (χ3v) is 2.14. The highest BCUT2D eigenvalue weighted by atomic mass is 19.1. The Bertz CT molecular complexity index is 433. The Morgan fingerprint density at radius 1 is 1.53 bits per heavy atom. The molecule has 0 bridgehead atoms. The number of nitro groups is 1. The number of nitro benzene ring substituents is 1. The van der Waals surface area contributed by atoms with Crippen LogP contribution < -0.4 is 0 Å². The predicted molar refractivity (Wildman–Crippen MR) is 58.0 cm³/mol. The van der Waals surface area contributed by atoms with E-state index in [2.05, 4.69) is 0 Å². The van der Waals surface area contributed by atoms with Crippen molar-refractivity contribution in [2.45, 2.75) is 19.8 Å². The summed E-state index contributed by atoms with van der Waals surface area (Å²) in [5.41, 5.74) is 0.0127. The monoisotopic (exact) mass is 241 g/mol. The first kappa shape index (κ1) is 13.1. The molecule has 0 radical (unpaired) electrons. The van der Waals surface area contributed by atoms with Crippen LogP contribution in [0.5, 0.6) is 0 Å². The second kappa shape index (κ2) is 5.93. The average molecular weight is 241 g/mol. The average Bonchev–Trinajstić information content (AvgIpc) is 2.26. The Hall–Kier alpha value is -1.98. The zero-order valence-electron chi connectivity index (χ0n) is 9.31. The molecule has 1 rings (SSSR count). The zero-order valence-corrected chi connectivity index (χ0v) is 9.31. The van der Waals surface area contributed by atoms with E-state index in [1.54, 1.807) is 6.92 Å². The number of hydrogen-bond donors (Lipinski definition) is 0.